The first-order valence-electron chi connectivity index (χ1n) is 4.96. The first kappa shape index (κ1) is 9.25. The van der Waals surface area contributed by atoms with Crippen molar-refractivity contribution in [3.8, 4) is 0 Å². The van der Waals surface area contributed by atoms with E-state index in [1.165, 1.54) is 5.56 Å². The van der Waals surface area contributed by atoms with Gasteiger partial charge in [-0.1, -0.05) is 19.1 Å². The van der Waals surface area contributed by atoms with E-state index in [1.807, 2.05) is 12.1 Å². The molecule has 0 N–H and O–H groups in total. The summed E-state index contributed by atoms with van der Waals surface area (Å²) in [7, 11) is 2.05. The number of para-hydroxylation sites is 1. The van der Waals surface area contributed by atoms with Crippen molar-refractivity contribution >= 4 is 11.5 Å². The predicted molar refractivity (Wildman–Crippen MR) is 58.1 cm³/mol. The molecule has 0 bridgehead atoms. The summed E-state index contributed by atoms with van der Waals surface area (Å²) in [6, 6.07) is 6.01. The van der Waals surface area contributed by atoms with Crippen LogP contribution in [-0.2, 0) is 0 Å². The average Bonchev–Trinajstić information content (AvgIpc) is 2.43. The second kappa shape index (κ2) is 3.12. The summed E-state index contributed by atoms with van der Waals surface area (Å²) in [6.07, 6.45) is 0. The van der Waals surface area contributed by atoms with Gasteiger partial charge in [0, 0.05) is 25.1 Å². The summed E-state index contributed by atoms with van der Waals surface area (Å²) in [4.78, 5) is 13.6. The summed E-state index contributed by atoms with van der Waals surface area (Å²) in [5.74, 6) is 0.692. The number of carbonyl (C=O) groups is 1. The normalized spacial score (nSPS) is 19.6. The number of benzene rings is 1. The third kappa shape index (κ3) is 1.22. The highest BCUT2D eigenvalue weighted by atomic mass is 16.1. The number of rotatable bonds is 1. The van der Waals surface area contributed by atoms with Crippen LogP contribution in [0.3, 0.4) is 0 Å². The lowest BCUT2D eigenvalue weighted by Gasteiger charge is -2.14. The van der Waals surface area contributed by atoms with Crippen molar-refractivity contribution in [3.05, 3.63) is 29.3 Å². The SMILES string of the molecule is CC(=O)c1cccc2c1N(C)CC2C. The summed E-state index contributed by atoms with van der Waals surface area (Å²) >= 11 is 0. The van der Waals surface area contributed by atoms with Gasteiger partial charge in [0.15, 0.2) is 5.78 Å². The van der Waals surface area contributed by atoms with Gasteiger partial charge in [-0.05, 0) is 18.6 Å². The van der Waals surface area contributed by atoms with E-state index >= 15 is 0 Å². The topological polar surface area (TPSA) is 20.3 Å². The van der Waals surface area contributed by atoms with Crippen LogP contribution in [0.15, 0.2) is 18.2 Å². The fraction of sp³-hybridized carbons (Fsp3) is 0.417. The molecule has 0 saturated heterocycles. The van der Waals surface area contributed by atoms with E-state index in [1.54, 1.807) is 6.92 Å². The van der Waals surface area contributed by atoms with Crippen LogP contribution in [0, 0.1) is 0 Å². The Kier molecular flexibility index (Phi) is 2.06. The summed E-state index contributed by atoms with van der Waals surface area (Å²) in [6.45, 7) is 4.85. The van der Waals surface area contributed by atoms with Crippen molar-refractivity contribution in [2.75, 3.05) is 18.5 Å². The minimum absolute atomic E-state index is 0.155. The fourth-order valence-corrected chi connectivity index (χ4v) is 2.27. The highest BCUT2D eigenvalue weighted by molar-refractivity contribution is 6.01. The molecule has 1 heterocycles. The van der Waals surface area contributed by atoms with E-state index in [0.29, 0.717) is 5.92 Å². The zero-order valence-corrected chi connectivity index (χ0v) is 8.87. The fourth-order valence-electron chi connectivity index (χ4n) is 2.27. The molecular formula is C12H15NO. The number of hydrogen-bond donors (Lipinski definition) is 0. The molecule has 0 amide bonds. The first-order valence-corrected chi connectivity index (χ1v) is 4.96. The Balaban J connectivity index is 2.62. The smallest absolute Gasteiger partial charge is 0.161 e. The molecule has 1 unspecified atom stereocenters. The molecule has 0 fully saturated rings. The number of hydrogen-bond acceptors (Lipinski definition) is 2. The van der Waals surface area contributed by atoms with Crippen LogP contribution in [0.25, 0.3) is 0 Å². The van der Waals surface area contributed by atoms with E-state index in [4.69, 9.17) is 0 Å². The van der Waals surface area contributed by atoms with E-state index < -0.39 is 0 Å². The van der Waals surface area contributed by atoms with Gasteiger partial charge in [-0.15, -0.1) is 0 Å². The molecule has 2 heteroatoms. The molecule has 0 aromatic heterocycles. The Labute approximate surface area is 84.5 Å². The molecule has 2 nitrogen and oxygen atoms in total. The van der Waals surface area contributed by atoms with Crippen LogP contribution in [0.4, 0.5) is 5.69 Å². The van der Waals surface area contributed by atoms with Gasteiger partial charge in [0.2, 0.25) is 0 Å². The van der Waals surface area contributed by atoms with Gasteiger partial charge >= 0.3 is 0 Å². The van der Waals surface area contributed by atoms with Crippen LogP contribution in [-0.4, -0.2) is 19.4 Å². The molecule has 1 aliphatic rings. The minimum Gasteiger partial charge on any atom is -0.373 e. The van der Waals surface area contributed by atoms with E-state index in [-0.39, 0.29) is 5.78 Å². The highest BCUT2D eigenvalue weighted by Gasteiger charge is 2.26. The number of ketones is 1. The molecule has 1 aliphatic heterocycles. The maximum Gasteiger partial charge on any atom is 0.161 e. The van der Waals surface area contributed by atoms with E-state index in [0.717, 1.165) is 17.8 Å². The van der Waals surface area contributed by atoms with Crippen molar-refractivity contribution in [3.63, 3.8) is 0 Å². The minimum atomic E-state index is 0.155. The molecule has 0 radical (unpaired) electrons. The largest absolute Gasteiger partial charge is 0.373 e. The quantitative estimate of drug-likeness (QED) is 0.632. The lowest BCUT2D eigenvalue weighted by Crippen LogP contribution is -2.16. The second-order valence-corrected chi connectivity index (χ2v) is 4.08. The molecule has 14 heavy (non-hydrogen) atoms. The Bertz CT molecular complexity index is 384. The number of Topliss-reactive ketones (excluding diaryl/α,β-unsaturated/α-hetero) is 1. The van der Waals surface area contributed by atoms with Crippen molar-refractivity contribution in [2.45, 2.75) is 19.8 Å². The lowest BCUT2D eigenvalue weighted by atomic mass is 9.99. The molecule has 0 spiro atoms. The lowest BCUT2D eigenvalue weighted by molar-refractivity contribution is 0.101. The summed E-state index contributed by atoms with van der Waals surface area (Å²) in [5.41, 5.74) is 3.29. The van der Waals surface area contributed by atoms with Gasteiger partial charge in [-0.3, -0.25) is 4.79 Å². The second-order valence-electron chi connectivity index (χ2n) is 4.08. The van der Waals surface area contributed by atoms with Crippen LogP contribution in [0.5, 0.6) is 0 Å². The van der Waals surface area contributed by atoms with Crippen molar-refractivity contribution < 1.29 is 4.79 Å². The molecule has 0 saturated carbocycles. The molecule has 1 aromatic carbocycles. The Morgan fingerprint density at radius 1 is 1.50 bits per heavy atom. The summed E-state index contributed by atoms with van der Waals surface area (Å²) in [5, 5.41) is 0. The third-order valence-electron chi connectivity index (χ3n) is 2.91. The number of nitrogens with zero attached hydrogens (tertiary/aromatic N) is 1. The first-order chi connectivity index (χ1) is 6.61. The molecule has 74 valence electrons. The average molecular weight is 189 g/mol. The number of anilines is 1. The van der Waals surface area contributed by atoms with E-state index in [2.05, 4.69) is 24.9 Å². The Hall–Kier alpha value is -1.31. The number of likely N-dealkylation sites (N-methyl/N-ethyl adjacent to an activating group) is 1. The van der Waals surface area contributed by atoms with Crippen molar-refractivity contribution in [1.82, 2.24) is 0 Å². The van der Waals surface area contributed by atoms with Gasteiger partial charge in [-0.25, -0.2) is 0 Å². The van der Waals surface area contributed by atoms with E-state index in [9.17, 15) is 4.79 Å². The molecule has 1 aromatic rings. The maximum atomic E-state index is 11.4. The molecule has 2 rings (SSSR count). The maximum absolute atomic E-state index is 11.4. The summed E-state index contributed by atoms with van der Waals surface area (Å²) < 4.78 is 0. The zero-order chi connectivity index (χ0) is 10.3. The molecule has 0 aliphatic carbocycles. The molecule has 1 atom stereocenters. The number of carbonyl (C=O) groups excluding carboxylic acids is 1. The van der Waals surface area contributed by atoms with Crippen LogP contribution >= 0.6 is 0 Å². The number of fused-ring (bicyclic) bond motifs is 1. The Morgan fingerprint density at radius 3 is 2.86 bits per heavy atom. The zero-order valence-electron chi connectivity index (χ0n) is 8.87. The van der Waals surface area contributed by atoms with Gasteiger partial charge in [0.05, 0.1) is 5.69 Å². The third-order valence-corrected chi connectivity index (χ3v) is 2.91. The van der Waals surface area contributed by atoms with Gasteiger partial charge < -0.3 is 4.90 Å². The monoisotopic (exact) mass is 189 g/mol. The van der Waals surface area contributed by atoms with Crippen LogP contribution < -0.4 is 4.90 Å². The van der Waals surface area contributed by atoms with Crippen LogP contribution in [0.1, 0.15) is 35.7 Å². The predicted octanol–water partition coefficient (Wildman–Crippen LogP) is 2.44. The highest BCUT2D eigenvalue weighted by Crippen LogP contribution is 2.37. The van der Waals surface area contributed by atoms with Gasteiger partial charge in [0.1, 0.15) is 0 Å². The van der Waals surface area contributed by atoms with Crippen LogP contribution in [0.2, 0.25) is 0 Å². The molecular weight excluding hydrogens is 174 g/mol. The van der Waals surface area contributed by atoms with Gasteiger partial charge in [-0.2, -0.15) is 0 Å². The van der Waals surface area contributed by atoms with Crippen molar-refractivity contribution in [2.24, 2.45) is 0 Å². The van der Waals surface area contributed by atoms with Crippen molar-refractivity contribution in [1.29, 1.82) is 0 Å². The Morgan fingerprint density at radius 2 is 2.21 bits per heavy atom. The standard InChI is InChI=1S/C12H15NO/c1-8-7-13(3)12-10(8)5-4-6-11(12)9(2)14/h4-6,8H,7H2,1-3H3. The van der Waals surface area contributed by atoms with Gasteiger partial charge in [0.25, 0.3) is 0 Å².